The number of anilines is 1. The van der Waals surface area contributed by atoms with Gasteiger partial charge in [0, 0.05) is 18.8 Å². The number of urea groups is 1. The maximum atomic E-state index is 12.4. The standard InChI is InChI=1S/C17H25N3O2/c1-12(2)11-18-16(21)15-5-4-10-20(15)17(22)19-14-8-6-13(3)7-9-14/h6-9,12,15H,4-5,10-11H2,1-3H3,(H,18,21)(H,19,22)/t15-/m0/s1. The van der Waals surface area contributed by atoms with Crippen molar-refractivity contribution < 1.29 is 9.59 Å². The van der Waals surface area contributed by atoms with Gasteiger partial charge in [0.25, 0.3) is 0 Å². The lowest BCUT2D eigenvalue weighted by Gasteiger charge is -2.24. The van der Waals surface area contributed by atoms with Crippen LogP contribution >= 0.6 is 0 Å². The van der Waals surface area contributed by atoms with Crippen molar-refractivity contribution in [1.82, 2.24) is 10.2 Å². The number of likely N-dealkylation sites (tertiary alicyclic amines) is 1. The first-order chi connectivity index (χ1) is 10.5. The third-order valence-corrected chi connectivity index (χ3v) is 3.80. The van der Waals surface area contributed by atoms with E-state index in [0.717, 1.165) is 24.1 Å². The van der Waals surface area contributed by atoms with Gasteiger partial charge in [-0.05, 0) is 37.8 Å². The number of nitrogens with zero attached hydrogens (tertiary/aromatic N) is 1. The van der Waals surface area contributed by atoms with E-state index in [1.54, 1.807) is 4.90 Å². The van der Waals surface area contributed by atoms with Gasteiger partial charge in [0.1, 0.15) is 6.04 Å². The Morgan fingerprint density at radius 3 is 2.59 bits per heavy atom. The van der Waals surface area contributed by atoms with Crippen LogP contribution in [0.4, 0.5) is 10.5 Å². The van der Waals surface area contributed by atoms with E-state index in [2.05, 4.69) is 24.5 Å². The largest absolute Gasteiger partial charge is 0.354 e. The first-order valence-corrected chi connectivity index (χ1v) is 7.89. The minimum absolute atomic E-state index is 0.0507. The van der Waals surface area contributed by atoms with Crippen molar-refractivity contribution in [3.63, 3.8) is 0 Å². The molecule has 0 aromatic heterocycles. The van der Waals surface area contributed by atoms with E-state index in [4.69, 9.17) is 0 Å². The predicted octanol–water partition coefficient (Wildman–Crippen LogP) is 2.76. The minimum atomic E-state index is -0.357. The van der Waals surface area contributed by atoms with Crippen molar-refractivity contribution in [2.24, 2.45) is 5.92 Å². The summed E-state index contributed by atoms with van der Waals surface area (Å²) in [6, 6.07) is 7.09. The second-order valence-electron chi connectivity index (χ2n) is 6.29. The molecule has 1 aliphatic rings. The number of hydrogen-bond donors (Lipinski definition) is 2. The molecule has 1 fully saturated rings. The molecule has 120 valence electrons. The van der Waals surface area contributed by atoms with Gasteiger partial charge in [0.2, 0.25) is 5.91 Å². The van der Waals surface area contributed by atoms with Gasteiger partial charge in [-0.25, -0.2) is 4.79 Å². The molecule has 0 aliphatic carbocycles. The number of nitrogens with one attached hydrogen (secondary N) is 2. The summed E-state index contributed by atoms with van der Waals surface area (Å²) < 4.78 is 0. The lowest BCUT2D eigenvalue weighted by molar-refractivity contribution is -0.124. The van der Waals surface area contributed by atoms with Crippen LogP contribution in [0.15, 0.2) is 24.3 Å². The molecule has 1 aromatic rings. The van der Waals surface area contributed by atoms with E-state index in [1.165, 1.54) is 0 Å². The van der Waals surface area contributed by atoms with Gasteiger partial charge in [-0.15, -0.1) is 0 Å². The van der Waals surface area contributed by atoms with Crippen LogP contribution in [0.1, 0.15) is 32.3 Å². The zero-order valence-corrected chi connectivity index (χ0v) is 13.6. The molecule has 1 saturated heterocycles. The number of benzene rings is 1. The Bertz CT molecular complexity index is 525. The average Bonchev–Trinajstić information content (AvgIpc) is 2.96. The minimum Gasteiger partial charge on any atom is -0.354 e. The second-order valence-corrected chi connectivity index (χ2v) is 6.29. The van der Waals surface area contributed by atoms with Gasteiger partial charge >= 0.3 is 6.03 Å². The van der Waals surface area contributed by atoms with Gasteiger partial charge in [-0.1, -0.05) is 31.5 Å². The fraction of sp³-hybridized carbons (Fsp3) is 0.529. The maximum absolute atomic E-state index is 12.4. The summed E-state index contributed by atoms with van der Waals surface area (Å²) in [6.07, 6.45) is 1.59. The molecule has 3 amide bonds. The molecule has 0 bridgehead atoms. The summed E-state index contributed by atoms with van der Waals surface area (Å²) in [4.78, 5) is 26.3. The van der Waals surface area contributed by atoms with Crippen LogP contribution in [0.25, 0.3) is 0 Å². The van der Waals surface area contributed by atoms with E-state index in [0.29, 0.717) is 19.0 Å². The van der Waals surface area contributed by atoms with Crippen molar-refractivity contribution in [2.75, 3.05) is 18.4 Å². The van der Waals surface area contributed by atoms with E-state index in [9.17, 15) is 9.59 Å². The fourth-order valence-corrected chi connectivity index (χ4v) is 2.54. The number of amides is 3. The monoisotopic (exact) mass is 303 g/mol. The fourth-order valence-electron chi connectivity index (χ4n) is 2.54. The lowest BCUT2D eigenvalue weighted by atomic mass is 10.2. The van der Waals surface area contributed by atoms with Crippen molar-refractivity contribution in [3.8, 4) is 0 Å². The number of aryl methyl sites for hydroxylation is 1. The zero-order chi connectivity index (χ0) is 16.1. The van der Waals surface area contributed by atoms with Gasteiger partial charge in [0.15, 0.2) is 0 Å². The maximum Gasteiger partial charge on any atom is 0.322 e. The molecule has 0 saturated carbocycles. The first-order valence-electron chi connectivity index (χ1n) is 7.89. The van der Waals surface area contributed by atoms with Gasteiger partial charge in [-0.2, -0.15) is 0 Å². The number of hydrogen-bond acceptors (Lipinski definition) is 2. The average molecular weight is 303 g/mol. The molecule has 2 N–H and O–H groups in total. The van der Waals surface area contributed by atoms with Crippen LogP contribution in [0, 0.1) is 12.8 Å². The molecule has 5 nitrogen and oxygen atoms in total. The van der Waals surface area contributed by atoms with E-state index in [-0.39, 0.29) is 18.0 Å². The highest BCUT2D eigenvalue weighted by molar-refractivity contribution is 5.94. The van der Waals surface area contributed by atoms with E-state index >= 15 is 0 Å². The molecular weight excluding hydrogens is 278 g/mol. The molecular formula is C17H25N3O2. The second kappa shape index (κ2) is 7.29. The summed E-state index contributed by atoms with van der Waals surface area (Å²) in [7, 11) is 0. The summed E-state index contributed by atoms with van der Waals surface area (Å²) in [5.41, 5.74) is 1.90. The molecule has 0 unspecified atom stereocenters. The Morgan fingerprint density at radius 1 is 1.27 bits per heavy atom. The SMILES string of the molecule is Cc1ccc(NC(=O)N2CCC[C@H]2C(=O)NCC(C)C)cc1. The molecule has 1 heterocycles. The lowest BCUT2D eigenvalue weighted by Crippen LogP contribution is -2.48. The Balaban J connectivity index is 1.95. The van der Waals surface area contributed by atoms with Crippen LogP contribution < -0.4 is 10.6 Å². The number of rotatable bonds is 4. The topological polar surface area (TPSA) is 61.4 Å². The highest BCUT2D eigenvalue weighted by Crippen LogP contribution is 2.19. The van der Waals surface area contributed by atoms with Crippen LogP contribution in [-0.4, -0.2) is 36.0 Å². The zero-order valence-electron chi connectivity index (χ0n) is 13.6. The highest BCUT2D eigenvalue weighted by atomic mass is 16.2. The molecule has 0 radical (unpaired) electrons. The molecule has 5 heteroatoms. The Hall–Kier alpha value is -2.04. The van der Waals surface area contributed by atoms with Crippen LogP contribution in [0.2, 0.25) is 0 Å². The predicted molar refractivity (Wildman–Crippen MR) is 87.8 cm³/mol. The van der Waals surface area contributed by atoms with Gasteiger partial charge in [0.05, 0.1) is 0 Å². The van der Waals surface area contributed by atoms with Crippen molar-refractivity contribution in [3.05, 3.63) is 29.8 Å². The van der Waals surface area contributed by atoms with E-state index in [1.807, 2.05) is 31.2 Å². The third-order valence-electron chi connectivity index (χ3n) is 3.80. The summed E-state index contributed by atoms with van der Waals surface area (Å²) in [5, 5.41) is 5.79. The molecule has 1 aliphatic heterocycles. The summed E-state index contributed by atoms with van der Waals surface area (Å²) >= 11 is 0. The number of carbonyl (C=O) groups excluding carboxylic acids is 2. The molecule has 1 aromatic carbocycles. The van der Waals surface area contributed by atoms with Crippen molar-refractivity contribution in [2.45, 2.75) is 39.7 Å². The Labute approximate surface area is 132 Å². The third kappa shape index (κ3) is 4.23. The quantitative estimate of drug-likeness (QED) is 0.898. The first kappa shape index (κ1) is 16.3. The normalized spacial score (nSPS) is 17.6. The summed E-state index contributed by atoms with van der Waals surface area (Å²) in [6.45, 7) is 7.37. The summed E-state index contributed by atoms with van der Waals surface area (Å²) in [5.74, 6) is 0.352. The Morgan fingerprint density at radius 2 is 1.95 bits per heavy atom. The van der Waals surface area contributed by atoms with Gasteiger partial charge in [-0.3, -0.25) is 4.79 Å². The van der Waals surface area contributed by atoms with Crippen LogP contribution in [0.3, 0.4) is 0 Å². The number of carbonyl (C=O) groups is 2. The molecule has 2 rings (SSSR count). The van der Waals surface area contributed by atoms with Crippen molar-refractivity contribution >= 4 is 17.6 Å². The van der Waals surface area contributed by atoms with Crippen molar-refractivity contribution in [1.29, 1.82) is 0 Å². The Kier molecular flexibility index (Phi) is 5.41. The van der Waals surface area contributed by atoms with E-state index < -0.39 is 0 Å². The highest BCUT2D eigenvalue weighted by Gasteiger charge is 2.34. The van der Waals surface area contributed by atoms with Crippen LogP contribution in [0.5, 0.6) is 0 Å². The molecule has 22 heavy (non-hydrogen) atoms. The molecule has 1 atom stereocenters. The smallest absolute Gasteiger partial charge is 0.322 e. The molecule has 0 spiro atoms. The van der Waals surface area contributed by atoms with Crippen LogP contribution in [-0.2, 0) is 4.79 Å². The van der Waals surface area contributed by atoms with Gasteiger partial charge < -0.3 is 15.5 Å².